The highest BCUT2D eigenvalue weighted by Gasteiger charge is 2.62. The molecule has 3 heterocycles. The summed E-state index contributed by atoms with van der Waals surface area (Å²) in [6, 6.07) is 16.2. The molecule has 0 bridgehead atoms. The third-order valence-corrected chi connectivity index (χ3v) is 10.3. The molecule has 0 spiro atoms. The van der Waals surface area contributed by atoms with E-state index in [0.717, 1.165) is 22.8 Å². The lowest BCUT2D eigenvalue weighted by atomic mass is 9.80. The maximum atomic E-state index is 15.4. The Morgan fingerprint density at radius 2 is 1.86 bits per heavy atom. The summed E-state index contributed by atoms with van der Waals surface area (Å²) < 4.78 is 46.7. The fourth-order valence-corrected chi connectivity index (χ4v) is 7.99. The zero-order chi connectivity index (χ0) is 31.1. The number of hydrogen-bond donors (Lipinski definition) is 1. The molecule has 12 heteroatoms. The van der Waals surface area contributed by atoms with Gasteiger partial charge in [-0.3, -0.25) is 9.69 Å². The van der Waals surface area contributed by atoms with Crippen LogP contribution in [0.1, 0.15) is 48.4 Å². The molecule has 230 valence electrons. The molecule has 2 aliphatic rings. The number of anilines is 1. The van der Waals surface area contributed by atoms with Crippen molar-refractivity contribution in [3.8, 4) is 11.5 Å². The van der Waals surface area contributed by atoms with E-state index < -0.39 is 27.5 Å². The van der Waals surface area contributed by atoms with Gasteiger partial charge >= 0.3 is 0 Å². The number of rotatable bonds is 10. The number of methoxy groups -OCH3 is 2. The molecule has 1 saturated heterocycles. The summed E-state index contributed by atoms with van der Waals surface area (Å²) in [6.07, 6.45) is 4.46. The van der Waals surface area contributed by atoms with Crippen molar-refractivity contribution in [3.63, 3.8) is 0 Å². The smallest absolute Gasteiger partial charge is 0.271 e. The van der Waals surface area contributed by atoms with Crippen LogP contribution in [0, 0.1) is 0 Å². The van der Waals surface area contributed by atoms with Gasteiger partial charge in [0.05, 0.1) is 37.0 Å². The van der Waals surface area contributed by atoms with Crippen LogP contribution in [-0.4, -0.2) is 51.5 Å². The Bertz CT molecular complexity index is 1780. The van der Waals surface area contributed by atoms with Gasteiger partial charge in [-0.25, -0.2) is 17.7 Å². The average molecular weight is 637 g/mol. The molecule has 0 saturated carbocycles. The van der Waals surface area contributed by atoms with Gasteiger partial charge < -0.3 is 19.2 Å². The number of halogens is 1. The van der Waals surface area contributed by atoms with Crippen LogP contribution in [0.3, 0.4) is 0 Å². The number of carbonyl (C=O) groups excluding carboxylic acids is 1. The normalized spacial score (nSPS) is 20.2. The second-order valence-corrected chi connectivity index (χ2v) is 12.9. The molecule has 10 nitrogen and oxygen atoms in total. The molecule has 2 aliphatic heterocycles. The lowest BCUT2D eigenvalue weighted by Crippen LogP contribution is -2.54. The molecule has 6 rings (SSSR count). The van der Waals surface area contributed by atoms with Gasteiger partial charge in [-0.2, -0.15) is 0 Å². The SMILES string of the molecule is CCNCc1ccc(OC)c(C2(N3CCCC3c3ncco3)C(=O)N(S(=O)(=O)c3ccc(OC)cc3)c3cc(Cl)ccc32)c1. The standard InChI is InChI=1S/C32H33ClN4O6S/c1-4-34-20-21-7-14-29(42-3)26(18-21)32(36-16-5-6-27(36)30-35-15-17-43-30)25-13-8-22(33)19-28(25)37(31(32)38)44(39,40)24-11-9-23(41-2)10-12-24/h7-15,17-19,27,34H,4-6,16,20H2,1-3H3. The van der Waals surface area contributed by atoms with Gasteiger partial charge in [-0.05, 0) is 73.5 Å². The molecule has 1 fully saturated rings. The van der Waals surface area contributed by atoms with Gasteiger partial charge in [0.25, 0.3) is 15.9 Å². The third-order valence-electron chi connectivity index (χ3n) is 8.31. The molecular weight excluding hydrogens is 604 g/mol. The first-order valence-corrected chi connectivity index (χ1v) is 16.2. The van der Waals surface area contributed by atoms with Crippen molar-refractivity contribution in [3.05, 3.63) is 101 Å². The molecule has 1 N–H and O–H groups in total. The van der Waals surface area contributed by atoms with E-state index in [2.05, 4.69) is 10.3 Å². The fourth-order valence-electron chi connectivity index (χ4n) is 6.38. The Labute approximate surface area is 261 Å². The van der Waals surface area contributed by atoms with Crippen LogP contribution >= 0.6 is 11.6 Å². The van der Waals surface area contributed by atoms with E-state index in [1.807, 2.05) is 30.0 Å². The second-order valence-electron chi connectivity index (χ2n) is 10.7. The lowest BCUT2D eigenvalue weighted by molar-refractivity contribution is -0.127. The molecule has 2 atom stereocenters. The number of likely N-dealkylation sites (tertiary alicyclic amines) is 1. The van der Waals surface area contributed by atoms with E-state index in [1.165, 1.54) is 31.6 Å². The first-order chi connectivity index (χ1) is 21.3. The van der Waals surface area contributed by atoms with Gasteiger partial charge in [0.1, 0.15) is 17.8 Å². The highest BCUT2D eigenvalue weighted by atomic mass is 35.5. The number of sulfonamides is 1. The summed E-state index contributed by atoms with van der Waals surface area (Å²) in [5.41, 5.74) is 0.461. The molecule has 0 aliphatic carbocycles. The summed E-state index contributed by atoms with van der Waals surface area (Å²) in [4.78, 5) is 21.7. The van der Waals surface area contributed by atoms with Gasteiger partial charge in [0.2, 0.25) is 5.89 Å². The van der Waals surface area contributed by atoms with Crippen molar-refractivity contribution in [2.75, 3.05) is 31.6 Å². The minimum atomic E-state index is -4.42. The number of carbonyl (C=O) groups is 1. The number of nitrogens with zero attached hydrogens (tertiary/aromatic N) is 3. The molecule has 3 aromatic carbocycles. The first kappa shape index (κ1) is 30.1. The molecular formula is C32H33ClN4O6S. The molecule has 44 heavy (non-hydrogen) atoms. The number of amides is 1. The van der Waals surface area contributed by atoms with E-state index in [4.69, 9.17) is 25.5 Å². The van der Waals surface area contributed by atoms with E-state index in [-0.39, 0.29) is 10.6 Å². The predicted molar refractivity (Wildman–Crippen MR) is 165 cm³/mol. The Balaban J connectivity index is 1.65. The minimum absolute atomic E-state index is 0.0630. The van der Waals surface area contributed by atoms with Gasteiger partial charge in [-0.15, -0.1) is 0 Å². The Morgan fingerprint density at radius 3 is 2.55 bits per heavy atom. The van der Waals surface area contributed by atoms with Crippen molar-refractivity contribution in [2.45, 2.75) is 42.8 Å². The van der Waals surface area contributed by atoms with Crippen LogP contribution in [0.2, 0.25) is 5.02 Å². The first-order valence-electron chi connectivity index (χ1n) is 14.4. The molecule has 1 aromatic heterocycles. The van der Waals surface area contributed by atoms with Crippen molar-refractivity contribution in [1.29, 1.82) is 0 Å². The molecule has 1 amide bonds. The summed E-state index contributed by atoms with van der Waals surface area (Å²) in [5.74, 6) is 0.719. The second kappa shape index (κ2) is 11.9. The number of aromatic nitrogens is 1. The maximum Gasteiger partial charge on any atom is 0.271 e. The van der Waals surface area contributed by atoms with Gasteiger partial charge in [-0.1, -0.05) is 30.7 Å². The number of fused-ring (bicyclic) bond motifs is 1. The average Bonchev–Trinajstić information content (AvgIpc) is 3.78. The van der Waals surface area contributed by atoms with Crippen LogP contribution in [0.5, 0.6) is 11.5 Å². The van der Waals surface area contributed by atoms with E-state index in [1.54, 1.807) is 37.6 Å². The zero-order valence-electron chi connectivity index (χ0n) is 24.6. The highest BCUT2D eigenvalue weighted by molar-refractivity contribution is 7.93. The van der Waals surface area contributed by atoms with Crippen molar-refractivity contribution in [2.24, 2.45) is 0 Å². The number of oxazole rings is 1. The lowest BCUT2D eigenvalue weighted by Gasteiger charge is -2.41. The van der Waals surface area contributed by atoms with Gasteiger partial charge in [0.15, 0.2) is 5.54 Å². The number of hydrogen-bond acceptors (Lipinski definition) is 9. The Hall–Kier alpha value is -3.90. The summed E-state index contributed by atoms with van der Waals surface area (Å²) in [6.45, 7) is 3.78. The van der Waals surface area contributed by atoms with Crippen LogP contribution in [0.15, 0.2) is 82.4 Å². The highest BCUT2D eigenvalue weighted by Crippen LogP contribution is 2.56. The zero-order valence-corrected chi connectivity index (χ0v) is 26.2. The van der Waals surface area contributed by atoms with Crippen molar-refractivity contribution in [1.82, 2.24) is 15.2 Å². The summed E-state index contributed by atoms with van der Waals surface area (Å²) in [7, 11) is -1.38. The third kappa shape index (κ3) is 4.75. The number of nitrogens with one attached hydrogen (secondary N) is 1. The molecule has 2 unspecified atom stereocenters. The van der Waals surface area contributed by atoms with Crippen LogP contribution in [0.4, 0.5) is 5.69 Å². The van der Waals surface area contributed by atoms with E-state index in [9.17, 15) is 8.42 Å². The monoisotopic (exact) mass is 636 g/mol. The molecule has 4 aromatic rings. The Morgan fingerprint density at radius 1 is 1.07 bits per heavy atom. The van der Waals surface area contributed by atoms with Crippen LogP contribution in [0.25, 0.3) is 0 Å². The largest absolute Gasteiger partial charge is 0.497 e. The van der Waals surface area contributed by atoms with Crippen LogP contribution in [-0.2, 0) is 26.9 Å². The predicted octanol–water partition coefficient (Wildman–Crippen LogP) is 5.27. The van der Waals surface area contributed by atoms with E-state index in [0.29, 0.717) is 53.0 Å². The Kier molecular flexibility index (Phi) is 8.14. The summed E-state index contributed by atoms with van der Waals surface area (Å²) in [5, 5.41) is 3.63. The van der Waals surface area contributed by atoms with Crippen molar-refractivity contribution < 1.29 is 27.1 Å². The minimum Gasteiger partial charge on any atom is -0.497 e. The fraction of sp³-hybridized carbons (Fsp3) is 0.312. The quantitative estimate of drug-likeness (QED) is 0.249. The van der Waals surface area contributed by atoms with E-state index >= 15 is 4.79 Å². The summed E-state index contributed by atoms with van der Waals surface area (Å²) >= 11 is 6.50. The molecule has 0 radical (unpaired) electrons. The van der Waals surface area contributed by atoms with Gasteiger partial charge in [0, 0.05) is 29.2 Å². The number of benzene rings is 3. The van der Waals surface area contributed by atoms with Crippen LogP contribution < -0.4 is 19.1 Å². The van der Waals surface area contributed by atoms with Crippen molar-refractivity contribution >= 4 is 33.2 Å². The topological polar surface area (TPSA) is 114 Å². The number of ether oxygens (including phenoxy) is 2. The maximum absolute atomic E-state index is 15.4.